The number of ether oxygens (including phenoxy) is 1. The highest BCUT2D eigenvalue weighted by molar-refractivity contribution is 7.99. The number of hydrogen-bond acceptors (Lipinski definition) is 6. The van der Waals surface area contributed by atoms with Crippen molar-refractivity contribution in [3.05, 3.63) is 64.3 Å². The van der Waals surface area contributed by atoms with E-state index in [-0.39, 0.29) is 23.0 Å². The molecule has 30 heavy (non-hydrogen) atoms. The predicted molar refractivity (Wildman–Crippen MR) is 114 cm³/mol. The van der Waals surface area contributed by atoms with E-state index in [0.717, 1.165) is 5.56 Å². The molecule has 3 rings (SSSR count). The van der Waals surface area contributed by atoms with Crippen molar-refractivity contribution in [3.63, 3.8) is 0 Å². The van der Waals surface area contributed by atoms with Gasteiger partial charge in [-0.3, -0.25) is 14.2 Å². The van der Waals surface area contributed by atoms with Crippen LogP contribution in [-0.4, -0.2) is 39.8 Å². The van der Waals surface area contributed by atoms with E-state index in [0.29, 0.717) is 28.5 Å². The molecule has 0 radical (unpaired) electrons. The molecule has 0 spiro atoms. The molecule has 0 aliphatic carbocycles. The Hall–Kier alpha value is -2.72. The summed E-state index contributed by atoms with van der Waals surface area (Å²) in [6.07, 6.45) is 1.61. The number of benzene rings is 1. The van der Waals surface area contributed by atoms with Crippen molar-refractivity contribution < 1.29 is 18.3 Å². The lowest BCUT2D eigenvalue weighted by atomic mass is 10.2. The number of carbonyl (C=O) groups is 1. The summed E-state index contributed by atoms with van der Waals surface area (Å²) in [6, 6.07) is 7.86. The van der Waals surface area contributed by atoms with Gasteiger partial charge in [-0.2, -0.15) is 8.78 Å². The zero-order chi connectivity index (χ0) is 21.7. The molecule has 0 saturated carbocycles. The fraction of sp³-hybridized carbons (Fsp3) is 0.250. The Kier molecular flexibility index (Phi) is 7.22. The number of amides is 1. The van der Waals surface area contributed by atoms with Crippen molar-refractivity contribution in [2.75, 3.05) is 12.8 Å². The van der Waals surface area contributed by atoms with Crippen LogP contribution >= 0.6 is 23.1 Å². The second-order valence-corrected chi connectivity index (χ2v) is 8.14. The number of rotatable bonds is 9. The number of thioether (sulfide) groups is 1. The van der Waals surface area contributed by atoms with Crippen LogP contribution in [0.15, 0.2) is 58.3 Å². The molecule has 0 saturated heterocycles. The molecule has 1 aromatic carbocycles. The normalized spacial score (nSPS) is 11.1. The first-order chi connectivity index (χ1) is 14.4. The summed E-state index contributed by atoms with van der Waals surface area (Å²) >= 11 is 2.57. The number of carbonyl (C=O) groups excluding carboxylic acids is 1. The molecular formula is C20H19F2N3O3S2. The van der Waals surface area contributed by atoms with Crippen LogP contribution in [0, 0.1) is 0 Å². The summed E-state index contributed by atoms with van der Waals surface area (Å²) < 4.78 is 30.3. The van der Waals surface area contributed by atoms with Crippen molar-refractivity contribution in [1.29, 1.82) is 0 Å². The largest absolute Gasteiger partial charge is 0.435 e. The highest BCUT2D eigenvalue weighted by Gasteiger charge is 2.15. The molecule has 0 aliphatic heterocycles. The zero-order valence-corrected chi connectivity index (χ0v) is 17.7. The molecular weight excluding hydrogens is 432 g/mol. The number of thiophene rings is 1. The fourth-order valence-corrected chi connectivity index (χ4v) is 4.46. The summed E-state index contributed by atoms with van der Waals surface area (Å²) in [7, 11) is 1.65. The van der Waals surface area contributed by atoms with Crippen molar-refractivity contribution in [3.8, 4) is 5.75 Å². The Labute approximate surface area is 179 Å². The average Bonchev–Trinajstić information content (AvgIpc) is 3.18. The molecule has 0 aliphatic rings. The summed E-state index contributed by atoms with van der Waals surface area (Å²) in [5.41, 5.74) is 0.620. The molecule has 0 bridgehead atoms. The van der Waals surface area contributed by atoms with Gasteiger partial charge >= 0.3 is 6.61 Å². The van der Waals surface area contributed by atoms with Crippen molar-refractivity contribution >= 4 is 39.2 Å². The number of allylic oxidation sites excluding steroid dienone is 1. The van der Waals surface area contributed by atoms with Crippen LogP contribution in [0.4, 0.5) is 8.78 Å². The van der Waals surface area contributed by atoms with E-state index in [2.05, 4.69) is 16.3 Å². The number of hydrogen-bond donors (Lipinski definition) is 0. The predicted octanol–water partition coefficient (Wildman–Crippen LogP) is 4.00. The second-order valence-electron chi connectivity index (χ2n) is 6.30. The van der Waals surface area contributed by atoms with Gasteiger partial charge in [0.05, 0.1) is 11.1 Å². The lowest BCUT2D eigenvalue weighted by Gasteiger charge is -2.18. The number of nitrogens with zero attached hydrogens (tertiary/aromatic N) is 3. The van der Waals surface area contributed by atoms with Crippen LogP contribution in [-0.2, 0) is 17.9 Å². The van der Waals surface area contributed by atoms with E-state index in [1.807, 2.05) is 5.38 Å². The van der Waals surface area contributed by atoms with Crippen LogP contribution < -0.4 is 10.3 Å². The van der Waals surface area contributed by atoms with Crippen LogP contribution in [0.2, 0.25) is 0 Å². The van der Waals surface area contributed by atoms with Crippen LogP contribution in [0.25, 0.3) is 10.2 Å². The van der Waals surface area contributed by atoms with E-state index >= 15 is 0 Å². The van der Waals surface area contributed by atoms with E-state index in [1.54, 1.807) is 31.3 Å². The third kappa shape index (κ3) is 5.25. The summed E-state index contributed by atoms with van der Waals surface area (Å²) in [5, 5.41) is 2.82. The molecule has 6 nitrogen and oxygen atoms in total. The van der Waals surface area contributed by atoms with E-state index < -0.39 is 6.61 Å². The minimum absolute atomic E-state index is 0.0634. The first kappa shape index (κ1) is 22.0. The van der Waals surface area contributed by atoms with Crippen LogP contribution in [0.5, 0.6) is 5.75 Å². The molecule has 0 fully saturated rings. The topological polar surface area (TPSA) is 64.4 Å². The molecule has 0 atom stereocenters. The highest BCUT2D eigenvalue weighted by atomic mass is 32.2. The minimum Gasteiger partial charge on any atom is -0.435 e. The molecule has 10 heteroatoms. The maximum Gasteiger partial charge on any atom is 0.387 e. The number of fused-ring (bicyclic) bond motifs is 1. The van der Waals surface area contributed by atoms with Gasteiger partial charge < -0.3 is 9.64 Å². The van der Waals surface area contributed by atoms with E-state index in [4.69, 9.17) is 0 Å². The molecule has 0 unspecified atom stereocenters. The zero-order valence-electron chi connectivity index (χ0n) is 16.1. The lowest BCUT2D eigenvalue weighted by Crippen LogP contribution is -2.28. The molecule has 3 aromatic rings. The average molecular weight is 452 g/mol. The van der Waals surface area contributed by atoms with Gasteiger partial charge in [-0.05, 0) is 29.1 Å². The summed E-state index contributed by atoms with van der Waals surface area (Å²) in [4.78, 5) is 31.9. The summed E-state index contributed by atoms with van der Waals surface area (Å²) in [5.74, 6) is 0.0101. The monoisotopic (exact) mass is 451 g/mol. The highest BCUT2D eigenvalue weighted by Crippen LogP contribution is 2.22. The van der Waals surface area contributed by atoms with E-state index in [9.17, 15) is 18.4 Å². The van der Waals surface area contributed by atoms with Crippen molar-refractivity contribution in [2.24, 2.45) is 0 Å². The summed E-state index contributed by atoms with van der Waals surface area (Å²) in [6.45, 7) is 1.41. The van der Waals surface area contributed by atoms with Gasteiger partial charge in [0.25, 0.3) is 5.56 Å². The van der Waals surface area contributed by atoms with Gasteiger partial charge in [0.15, 0.2) is 5.16 Å². The Bertz CT molecular complexity index is 1100. The second kappa shape index (κ2) is 9.86. The van der Waals surface area contributed by atoms with Crippen LogP contribution in [0.3, 0.4) is 0 Å². The molecule has 0 N–H and O–H groups in total. The Morgan fingerprint density at radius 3 is 2.77 bits per heavy atom. The quantitative estimate of drug-likeness (QED) is 0.280. The van der Waals surface area contributed by atoms with Crippen LogP contribution in [0.1, 0.15) is 5.56 Å². The van der Waals surface area contributed by atoms with Crippen molar-refractivity contribution in [1.82, 2.24) is 14.5 Å². The molecule has 158 valence electrons. The first-order valence-electron chi connectivity index (χ1n) is 8.88. The molecule has 2 aromatic heterocycles. The van der Waals surface area contributed by atoms with Gasteiger partial charge in [0, 0.05) is 20.1 Å². The minimum atomic E-state index is -2.88. The standard InChI is InChI=1S/C20H19F2N3O3S2/c1-3-9-25-18(27)15-8-10-29-17(15)23-20(25)30-12-16(26)24(2)11-13-4-6-14(7-5-13)28-19(21)22/h3-8,10,19H,1,9,11-12H2,2H3. The van der Waals surface area contributed by atoms with Gasteiger partial charge in [-0.25, -0.2) is 4.98 Å². The van der Waals surface area contributed by atoms with Gasteiger partial charge in [0.1, 0.15) is 10.6 Å². The Balaban J connectivity index is 1.65. The Morgan fingerprint density at radius 1 is 1.37 bits per heavy atom. The Morgan fingerprint density at radius 2 is 2.10 bits per heavy atom. The van der Waals surface area contributed by atoms with Crippen molar-refractivity contribution in [2.45, 2.75) is 24.9 Å². The van der Waals surface area contributed by atoms with Gasteiger partial charge in [-0.15, -0.1) is 17.9 Å². The number of alkyl halides is 2. The maximum absolute atomic E-state index is 12.6. The number of aromatic nitrogens is 2. The molecule has 2 heterocycles. The first-order valence-corrected chi connectivity index (χ1v) is 10.7. The third-order valence-electron chi connectivity index (χ3n) is 4.18. The molecule has 1 amide bonds. The fourth-order valence-electron chi connectivity index (χ4n) is 2.71. The SMILES string of the molecule is C=CCn1c(SCC(=O)N(C)Cc2ccc(OC(F)F)cc2)nc2sccc2c1=O. The maximum atomic E-state index is 12.6. The lowest BCUT2D eigenvalue weighted by molar-refractivity contribution is -0.127. The third-order valence-corrected chi connectivity index (χ3v) is 5.95. The smallest absolute Gasteiger partial charge is 0.387 e. The number of halogens is 2. The van der Waals surface area contributed by atoms with Gasteiger partial charge in [0.2, 0.25) is 5.91 Å². The van der Waals surface area contributed by atoms with E-state index in [1.165, 1.54) is 44.7 Å². The van der Waals surface area contributed by atoms with Gasteiger partial charge in [-0.1, -0.05) is 30.0 Å².